The lowest BCUT2D eigenvalue weighted by Gasteiger charge is -2.38. The van der Waals surface area contributed by atoms with Crippen molar-refractivity contribution in [3.63, 3.8) is 0 Å². The average Bonchev–Trinajstić information content (AvgIpc) is 2.74. The third kappa shape index (κ3) is 5.00. The van der Waals surface area contributed by atoms with Crippen molar-refractivity contribution in [1.29, 1.82) is 0 Å². The molecular weight excluding hydrogens is 430 g/mol. The van der Waals surface area contributed by atoms with Crippen LogP contribution in [0, 0.1) is 17.6 Å². The molecule has 0 radical (unpaired) electrons. The lowest BCUT2D eigenvalue weighted by molar-refractivity contribution is -0.122. The zero-order valence-corrected chi connectivity index (χ0v) is 18.0. The van der Waals surface area contributed by atoms with Crippen molar-refractivity contribution >= 4 is 21.6 Å². The molecule has 3 N–H and O–H groups in total. The molecule has 1 aromatic carbocycles. The van der Waals surface area contributed by atoms with E-state index in [-0.39, 0.29) is 22.4 Å². The Bertz CT molecular complexity index is 1080. The summed E-state index contributed by atoms with van der Waals surface area (Å²) in [5, 5.41) is 7.43. The molecule has 1 fully saturated rings. The SMILES string of the molecule is CCN1CCC(c2ccc(F)c(F)c2OC)C(C(=O)Nc2ccnc(S(N)(=O)=O)c2)C1. The van der Waals surface area contributed by atoms with Gasteiger partial charge in [-0.2, -0.15) is 4.39 Å². The van der Waals surface area contributed by atoms with Crippen LogP contribution in [0.4, 0.5) is 14.5 Å². The van der Waals surface area contributed by atoms with Gasteiger partial charge in [0.15, 0.2) is 16.6 Å². The summed E-state index contributed by atoms with van der Waals surface area (Å²) in [6.07, 6.45) is 1.76. The maximum absolute atomic E-state index is 14.3. The summed E-state index contributed by atoms with van der Waals surface area (Å²) in [5.41, 5.74) is 0.630. The number of carbonyl (C=O) groups excluding carboxylic acids is 1. The second kappa shape index (κ2) is 9.25. The van der Waals surface area contributed by atoms with Gasteiger partial charge in [-0.3, -0.25) is 4.79 Å². The van der Waals surface area contributed by atoms with Crippen LogP contribution in [0.5, 0.6) is 5.75 Å². The Morgan fingerprint density at radius 2 is 2.10 bits per heavy atom. The summed E-state index contributed by atoms with van der Waals surface area (Å²) in [7, 11) is -2.78. The van der Waals surface area contributed by atoms with Gasteiger partial charge < -0.3 is 15.0 Å². The van der Waals surface area contributed by atoms with Crippen molar-refractivity contribution in [2.24, 2.45) is 11.1 Å². The van der Waals surface area contributed by atoms with Crippen molar-refractivity contribution < 1.29 is 26.7 Å². The number of benzene rings is 1. The molecule has 0 spiro atoms. The number of anilines is 1. The first-order chi connectivity index (χ1) is 14.7. The summed E-state index contributed by atoms with van der Waals surface area (Å²) in [4.78, 5) is 18.9. The van der Waals surface area contributed by atoms with Gasteiger partial charge in [0.2, 0.25) is 11.7 Å². The van der Waals surface area contributed by atoms with Crippen LogP contribution in [0.2, 0.25) is 0 Å². The van der Waals surface area contributed by atoms with Crippen molar-refractivity contribution in [3.8, 4) is 5.75 Å². The van der Waals surface area contributed by atoms with E-state index in [2.05, 4.69) is 15.2 Å². The number of likely N-dealkylation sites (tertiary alicyclic amines) is 1. The largest absolute Gasteiger partial charge is 0.493 e. The van der Waals surface area contributed by atoms with Crippen LogP contribution < -0.4 is 15.2 Å². The first-order valence-electron chi connectivity index (χ1n) is 9.69. The molecule has 2 unspecified atom stereocenters. The van der Waals surface area contributed by atoms with Crippen LogP contribution in [-0.2, 0) is 14.8 Å². The van der Waals surface area contributed by atoms with Crippen molar-refractivity contribution in [1.82, 2.24) is 9.88 Å². The number of sulfonamides is 1. The number of piperidine rings is 1. The van der Waals surface area contributed by atoms with Gasteiger partial charge in [0.1, 0.15) is 0 Å². The fraction of sp³-hybridized carbons (Fsp3) is 0.400. The van der Waals surface area contributed by atoms with E-state index in [1.165, 1.54) is 31.5 Å². The van der Waals surface area contributed by atoms with E-state index in [1.807, 2.05) is 6.92 Å². The molecule has 0 aliphatic carbocycles. The topological polar surface area (TPSA) is 115 Å². The number of aromatic nitrogens is 1. The van der Waals surface area contributed by atoms with Gasteiger partial charge in [0, 0.05) is 36.0 Å². The summed E-state index contributed by atoms with van der Waals surface area (Å²) in [5.74, 6) is -3.76. The quantitative estimate of drug-likeness (QED) is 0.691. The highest BCUT2D eigenvalue weighted by Crippen LogP contribution is 2.40. The van der Waals surface area contributed by atoms with Crippen LogP contribution in [-0.4, -0.2) is 51.0 Å². The molecule has 2 heterocycles. The summed E-state index contributed by atoms with van der Waals surface area (Å²) in [6, 6.07) is 5.08. The Balaban J connectivity index is 1.94. The predicted octanol–water partition coefficient (Wildman–Crippen LogP) is 2.08. The number of hydrogen-bond acceptors (Lipinski definition) is 6. The lowest BCUT2D eigenvalue weighted by Crippen LogP contribution is -2.44. The fourth-order valence-corrected chi connectivity index (χ4v) is 4.37. The number of methoxy groups -OCH3 is 1. The third-order valence-corrected chi connectivity index (χ3v) is 6.27. The van der Waals surface area contributed by atoms with Crippen LogP contribution in [0.15, 0.2) is 35.5 Å². The summed E-state index contributed by atoms with van der Waals surface area (Å²) in [6.45, 7) is 3.76. The predicted molar refractivity (Wildman–Crippen MR) is 110 cm³/mol. The van der Waals surface area contributed by atoms with Crippen LogP contribution in [0.1, 0.15) is 24.8 Å². The third-order valence-electron chi connectivity index (χ3n) is 5.46. The molecule has 0 saturated carbocycles. The average molecular weight is 454 g/mol. The van der Waals surface area contributed by atoms with E-state index in [1.54, 1.807) is 0 Å². The van der Waals surface area contributed by atoms with Crippen molar-refractivity contribution in [2.75, 3.05) is 32.1 Å². The zero-order chi connectivity index (χ0) is 22.8. The molecule has 168 valence electrons. The van der Waals surface area contributed by atoms with E-state index >= 15 is 0 Å². The molecule has 31 heavy (non-hydrogen) atoms. The number of hydrogen-bond donors (Lipinski definition) is 2. The first kappa shape index (κ1) is 23.0. The second-order valence-corrected chi connectivity index (χ2v) is 8.80. The molecule has 2 atom stereocenters. The Labute approximate surface area is 179 Å². The zero-order valence-electron chi connectivity index (χ0n) is 17.1. The van der Waals surface area contributed by atoms with E-state index in [0.29, 0.717) is 25.1 Å². The molecule has 1 aromatic heterocycles. The van der Waals surface area contributed by atoms with E-state index in [0.717, 1.165) is 12.6 Å². The maximum atomic E-state index is 14.3. The summed E-state index contributed by atoms with van der Waals surface area (Å²) < 4.78 is 56.2. The van der Waals surface area contributed by atoms with E-state index in [9.17, 15) is 22.0 Å². The Morgan fingerprint density at radius 1 is 1.35 bits per heavy atom. The van der Waals surface area contributed by atoms with E-state index in [4.69, 9.17) is 9.88 Å². The molecule has 1 amide bonds. The van der Waals surface area contributed by atoms with Crippen molar-refractivity contribution in [3.05, 3.63) is 47.7 Å². The second-order valence-electron chi connectivity index (χ2n) is 7.30. The smallest absolute Gasteiger partial charge is 0.255 e. The normalized spacial score (nSPS) is 19.8. The first-order valence-corrected chi connectivity index (χ1v) is 11.2. The highest BCUT2D eigenvalue weighted by molar-refractivity contribution is 7.89. The van der Waals surface area contributed by atoms with Crippen molar-refractivity contribution in [2.45, 2.75) is 24.3 Å². The molecule has 3 rings (SSSR count). The Kier molecular flexibility index (Phi) is 6.87. The minimum Gasteiger partial charge on any atom is -0.493 e. The van der Waals surface area contributed by atoms with Gasteiger partial charge in [-0.25, -0.2) is 22.9 Å². The fourth-order valence-electron chi connectivity index (χ4n) is 3.87. The van der Waals surface area contributed by atoms with Gasteiger partial charge >= 0.3 is 0 Å². The van der Waals surface area contributed by atoms with Gasteiger partial charge in [-0.05, 0) is 31.6 Å². The number of primary sulfonamides is 1. The number of rotatable bonds is 6. The molecule has 2 aromatic rings. The lowest BCUT2D eigenvalue weighted by atomic mass is 9.79. The molecule has 1 saturated heterocycles. The maximum Gasteiger partial charge on any atom is 0.255 e. The minimum atomic E-state index is -4.03. The number of ether oxygens (including phenoxy) is 1. The standard InChI is InChI=1S/C20H24F2N4O4S/c1-3-26-9-7-13(14-4-5-16(21)18(22)19(14)30-2)15(11-26)20(27)25-12-6-8-24-17(10-12)31(23,28)29/h4-6,8,10,13,15H,3,7,9,11H2,1-2H3,(H2,23,28,29)(H,24,25,27). The van der Waals surface area contributed by atoms with Gasteiger partial charge in [-0.1, -0.05) is 13.0 Å². The highest BCUT2D eigenvalue weighted by atomic mass is 32.2. The van der Waals surface area contributed by atoms with Gasteiger partial charge in [-0.15, -0.1) is 0 Å². The number of carbonyl (C=O) groups is 1. The van der Waals surface area contributed by atoms with Crippen LogP contribution in [0.3, 0.4) is 0 Å². The molecule has 1 aliphatic heterocycles. The van der Waals surface area contributed by atoms with Crippen LogP contribution >= 0.6 is 0 Å². The van der Waals surface area contributed by atoms with Gasteiger partial charge in [0.05, 0.1) is 13.0 Å². The molecule has 8 nitrogen and oxygen atoms in total. The molecular formula is C20H24F2N4O4S. The number of pyridine rings is 1. The molecule has 1 aliphatic rings. The van der Waals surface area contributed by atoms with Crippen LogP contribution in [0.25, 0.3) is 0 Å². The number of nitrogens with two attached hydrogens (primary N) is 1. The number of nitrogens with one attached hydrogen (secondary N) is 1. The number of amides is 1. The summed E-state index contributed by atoms with van der Waals surface area (Å²) >= 11 is 0. The van der Waals surface area contributed by atoms with Gasteiger partial charge in [0.25, 0.3) is 10.0 Å². The molecule has 11 heteroatoms. The number of nitrogens with zero attached hydrogens (tertiary/aromatic N) is 2. The Morgan fingerprint density at radius 3 is 2.74 bits per heavy atom. The number of halogens is 2. The monoisotopic (exact) mass is 454 g/mol. The highest BCUT2D eigenvalue weighted by Gasteiger charge is 2.37. The molecule has 0 bridgehead atoms. The Hall–Kier alpha value is -2.63. The minimum absolute atomic E-state index is 0.215. The van der Waals surface area contributed by atoms with E-state index < -0.39 is 33.5 Å².